The zero-order valence-electron chi connectivity index (χ0n) is 21.6. The number of para-hydroxylation sites is 1. The Hall–Kier alpha value is -3.23. The second-order valence-corrected chi connectivity index (χ2v) is 9.30. The molecule has 1 aliphatic heterocycles. The zero-order valence-corrected chi connectivity index (χ0v) is 21.6. The molecule has 2 amide bonds. The SMILES string of the molecule is CCc1ccccc1NC(=O)CN1CCN(C(=O)CN(Cc2ccccc2)CC(C)C(=O)OC)CC1. The van der Waals surface area contributed by atoms with E-state index in [1.807, 2.05) is 71.3 Å². The van der Waals surface area contributed by atoms with Crippen LogP contribution in [0.25, 0.3) is 0 Å². The van der Waals surface area contributed by atoms with Gasteiger partial charge in [-0.2, -0.15) is 0 Å². The van der Waals surface area contributed by atoms with Crippen molar-refractivity contribution in [3.8, 4) is 0 Å². The highest BCUT2D eigenvalue weighted by Gasteiger charge is 2.26. The summed E-state index contributed by atoms with van der Waals surface area (Å²) in [6.45, 7) is 7.86. The lowest BCUT2D eigenvalue weighted by Gasteiger charge is -2.35. The lowest BCUT2D eigenvalue weighted by Crippen LogP contribution is -2.52. The normalized spacial score (nSPS) is 14.9. The van der Waals surface area contributed by atoms with Gasteiger partial charge >= 0.3 is 5.97 Å². The number of ether oxygens (including phenoxy) is 1. The molecular weight excluding hydrogens is 456 g/mol. The summed E-state index contributed by atoms with van der Waals surface area (Å²) in [5, 5.41) is 3.02. The Balaban J connectivity index is 1.51. The van der Waals surface area contributed by atoms with E-state index in [1.54, 1.807) is 0 Å². The standard InChI is InChI=1S/C28H38N4O4/c1-4-24-12-8-9-13-25(24)29-26(33)20-30-14-16-32(17-15-30)27(34)21-31(18-22(2)28(35)36-3)19-23-10-6-5-7-11-23/h5-13,22H,4,14-21H2,1-3H3,(H,29,33). The first-order valence-corrected chi connectivity index (χ1v) is 12.6. The molecule has 0 radical (unpaired) electrons. The van der Waals surface area contributed by atoms with E-state index in [0.29, 0.717) is 45.8 Å². The van der Waals surface area contributed by atoms with E-state index < -0.39 is 0 Å². The van der Waals surface area contributed by atoms with E-state index in [2.05, 4.69) is 17.1 Å². The molecule has 1 N–H and O–H groups in total. The van der Waals surface area contributed by atoms with Gasteiger partial charge in [-0.25, -0.2) is 0 Å². The van der Waals surface area contributed by atoms with Crippen molar-refractivity contribution in [1.29, 1.82) is 0 Å². The highest BCUT2D eigenvalue weighted by molar-refractivity contribution is 5.93. The van der Waals surface area contributed by atoms with Gasteiger partial charge in [-0.3, -0.25) is 24.2 Å². The molecular formula is C28H38N4O4. The Kier molecular flexibility index (Phi) is 10.5. The number of esters is 1. The molecule has 3 rings (SSSR count). The van der Waals surface area contributed by atoms with Gasteiger partial charge in [0.15, 0.2) is 0 Å². The van der Waals surface area contributed by atoms with Crippen molar-refractivity contribution in [3.63, 3.8) is 0 Å². The Labute approximate surface area is 214 Å². The molecule has 0 saturated carbocycles. The van der Waals surface area contributed by atoms with Gasteiger partial charge in [0.05, 0.1) is 26.1 Å². The summed E-state index contributed by atoms with van der Waals surface area (Å²) in [5.41, 5.74) is 3.06. The highest BCUT2D eigenvalue weighted by atomic mass is 16.5. The number of benzene rings is 2. The fourth-order valence-electron chi connectivity index (χ4n) is 4.48. The molecule has 8 nitrogen and oxygen atoms in total. The number of hydrogen-bond donors (Lipinski definition) is 1. The second-order valence-electron chi connectivity index (χ2n) is 9.30. The van der Waals surface area contributed by atoms with Gasteiger partial charge in [0, 0.05) is 45.0 Å². The van der Waals surface area contributed by atoms with Crippen LogP contribution in [-0.2, 0) is 32.1 Å². The first-order chi connectivity index (χ1) is 17.4. The van der Waals surface area contributed by atoms with Crippen molar-refractivity contribution >= 4 is 23.5 Å². The number of carbonyl (C=O) groups is 3. The number of hydrogen-bond acceptors (Lipinski definition) is 6. The minimum absolute atomic E-state index is 0.0315. The molecule has 0 aliphatic carbocycles. The summed E-state index contributed by atoms with van der Waals surface area (Å²) in [6, 6.07) is 17.8. The molecule has 1 heterocycles. The van der Waals surface area contributed by atoms with Crippen LogP contribution in [0.1, 0.15) is 25.0 Å². The molecule has 0 bridgehead atoms. The van der Waals surface area contributed by atoms with Crippen molar-refractivity contribution in [2.24, 2.45) is 5.92 Å². The fraction of sp³-hybridized carbons (Fsp3) is 0.464. The Bertz CT molecular complexity index is 1010. The summed E-state index contributed by atoms with van der Waals surface area (Å²) in [5.74, 6) is -0.626. The molecule has 36 heavy (non-hydrogen) atoms. The Morgan fingerprint density at radius 1 is 1.00 bits per heavy atom. The number of amides is 2. The first kappa shape index (κ1) is 27.4. The molecule has 194 valence electrons. The smallest absolute Gasteiger partial charge is 0.309 e. The second kappa shape index (κ2) is 13.8. The Morgan fingerprint density at radius 3 is 2.33 bits per heavy atom. The maximum Gasteiger partial charge on any atom is 0.309 e. The number of nitrogens with one attached hydrogen (secondary N) is 1. The number of anilines is 1. The summed E-state index contributed by atoms with van der Waals surface area (Å²) < 4.78 is 4.88. The lowest BCUT2D eigenvalue weighted by molar-refractivity contribution is -0.146. The average molecular weight is 495 g/mol. The van der Waals surface area contributed by atoms with Crippen LogP contribution in [0.2, 0.25) is 0 Å². The third-order valence-corrected chi connectivity index (χ3v) is 6.51. The van der Waals surface area contributed by atoms with Gasteiger partial charge in [-0.1, -0.05) is 62.4 Å². The number of methoxy groups -OCH3 is 1. The number of aryl methyl sites for hydroxylation is 1. The number of carbonyl (C=O) groups excluding carboxylic acids is 3. The van der Waals surface area contributed by atoms with E-state index in [-0.39, 0.29) is 30.2 Å². The molecule has 0 spiro atoms. The van der Waals surface area contributed by atoms with Crippen molar-refractivity contribution in [3.05, 3.63) is 65.7 Å². The Morgan fingerprint density at radius 2 is 1.67 bits per heavy atom. The van der Waals surface area contributed by atoms with Crippen LogP contribution >= 0.6 is 0 Å². The van der Waals surface area contributed by atoms with Crippen LogP contribution in [0.4, 0.5) is 5.69 Å². The summed E-state index contributed by atoms with van der Waals surface area (Å²) in [6.07, 6.45) is 0.858. The molecule has 1 saturated heterocycles. The van der Waals surface area contributed by atoms with Crippen LogP contribution in [-0.4, -0.2) is 85.4 Å². The summed E-state index contributed by atoms with van der Waals surface area (Å²) in [7, 11) is 1.38. The van der Waals surface area contributed by atoms with Gasteiger partial charge in [-0.15, -0.1) is 0 Å². The van der Waals surface area contributed by atoms with Crippen LogP contribution < -0.4 is 5.32 Å². The molecule has 1 aliphatic rings. The third kappa shape index (κ3) is 8.17. The van der Waals surface area contributed by atoms with Crippen molar-refractivity contribution in [1.82, 2.24) is 14.7 Å². The highest BCUT2D eigenvalue weighted by Crippen LogP contribution is 2.16. The number of nitrogens with zero attached hydrogens (tertiary/aromatic N) is 3. The van der Waals surface area contributed by atoms with E-state index in [1.165, 1.54) is 7.11 Å². The lowest BCUT2D eigenvalue weighted by atomic mass is 10.1. The fourth-order valence-corrected chi connectivity index (χ4v) is 4.48. The summed E-state index contributed by atoms with van der Waals surface area (Å²) >= 11 is 0. The van der Waals surface area contributed by atoms with Gasteiger partial charge in [0.25, 0.3) is 0 Å². The van der Waals surface area contributed by atoms with Crippen LogP contribution in [0.15, 0.2) is 54.6 Å². The molecule has 2 aromatic rings. The quantitative estimate of drug-likeness (QED) is 0.484. The molecule has 0 aromatic heterocycles. The largest absolute Gasteiger partial charge is 0.469 e. The molecule has 8 heteroatoms. The van der Waals surface area contributed by atoms with Gasteiger partial charge < -0.3 is 15.0 Å². The number of rotatable bonds is 11. The zero-order chi connectivity index (χ0) is 25.9. The van der Waals surface area contributed by atoms with E-state index in [4.69, 9.17) is 4.74 Å². The predicted molar refractivity (Wildman–Crippen MR) is 140 cm³/mol. The minimum Gasteiger partial charge on any atom is -0.469 e. The van der Waals surface area contributed by atoms with E-state index >= 15 is 0 Å². The third-order valence-electron chi connectivity index (χ3n) is 6.51. The van der Waals surface area contributed by atoms with Gasteiger partial charge in [0.2, 0.25) is 11.8 Å². The van der Waals surface area contributed by atoms with Crippen molar-refractivity contribution in [2.45, 2.75) is 26.8 Å². The number of piperazine rings is 1. The molecule has 1 unspecified atom stereocenters. The van der Waals surface area contributed by atoms with Crippen LogP contribution in [0.3, 0.4) is 0 Å². The molecule has 1 fully saturated rings. The van der Waals surface area contributed by atoms with Crippen molar-refractivity contribution < 1.29 is 19.1 Å². The summed E-state index contributed by atoms with van der Waals surface area (Å²) in [4.78, 5) is 43.6. The van der Waals surface area contributed by atoms with Gasteiger partial charge in [-0.05, 0) is 23.6 Å². The first-order valence-electron chi connectivity index (χ1n) is 12.6. The maximum absolute atomic E-state index is 13.1. The minimum atomic E-state index is -0.334. The van der Waals surface area contributed by atoms with Gasteiger partial charge in [0.1, 0.15) is 0 Å². The van der Waals surface area contributed by atoms with E-state index in [9.17, 15) is 14.4 Å². The van der Waals surface area contributed by atoms with Crippen LogP contribution in [0, 0.1) is 5.92 Å². The maximum atomic E-state index is 13.1. The topological polar surface area (TPSA) is 82.2 Å². The van der Waals surface area contributed by atoms with E-state index in [0.717, 1.165) is 23.2 Å². The average Bonchev–Trinajstić information content (AvgIpc) is 2.89. The molecule has 1 atom stereocenters. The van der Waals surface area contributed by atoms with Crippen molar-refractivity contribution in [2.75, 3.05) is 58.2 Å². The monoisotopic (exact) mass is 494 g/mol. The molecule has 2 aromatic carbocycles. The van der Waals surface area contributed by atoms with Crippen LogP contribution in [0.5, 0.6) is 0 Å². The predicted octanol–water partition coefficient (Wildman–Crippen LogP) is 2.64.